The fraction of sp³-hybridized carbons (Fsp3) is 0.722. The SMILES string of the molecule is CC(C)(C)c1cnc2c(c1)CC[C@H](N1CCCC1)CC2. The number of aromatic nitrogens is 1. The molecule has 0 radical (unpaired) electrons. The predicted octanol–water partition coefficient (Wildman–Crippen LogP) is 3.72. The Morgan fingerprint density at radius 1 is 1.10 bits per heavy atom. The molecule has 0 spiro atoms. The van der Waals surface area contributed by atoms with Crippen molar-refractivity contribution < 1.29 is 0 Å². The molecule has 20 heavy (non-hydrogen) atoms. The lowest BCUT2D eigenvalue weighted by Crippen LogP contribution is -2.32. The summed E-state index contributed by atoms with van der Waals surface area (Å²) in [6.07, 6.45) is 9.91. The van der Waals surface area contributed by atoms with Gasteiger partial charge < -0.3 is 4.90 Å². The van der Waals surface area contributed by atoms with Crippen LogP contribution in [0.1, 0.15) is 63.3 Å². The summed E-state index contributed by atoms with van der Waals surface area (Å²) in [6.45, 7) is 9.48. The van der Waals surface area contributed by atoms with E-state index in [-0.39, 0.29) is 5.41 Å². The Kier molecular flexibility index (Phi) is 3.85. The summed E-state index contributed by atoms with van der Waals surface area (Å²) in [5.74, 6) is 0. The van der Waals surface area contributed by atoms with Crippen molar-refractivity contribution in [3.63, 3.8) is 0 Å². The van der Waals surface area contributed by atoms with Crippen LogP contribution in [0, 0.1) is 0 Å². The van der Waals surface area contributed by atoms with Gasteiger partial charge in [-0.3, -0.25) is 4.98 Å². The van der Waals surface area contributed by atoms with Gasteiger partial charge in [0.2, 0.25) is 0 Å². The van der Waals surface area contributed by atoms with Crippen molar-refractivity contribution >= 4 is 0 Å². The molecule has 110 valence electrons. The number of pyridine rings is 1. The quantitative estimate of drug-likeness (QED) is 0.724. The van der Waals surface area contributed by atoms with Crippen LogP contribution in [0.3, 0.4) is 0 Å². The Hall–Kier alpha value is -0.890. The van der Waals surface area contributed by atoms with E-state index in [1.807, 2.05) is 0 Å². The molecule has 0 unspecified atom stereocenters. The molecular weight excluding hydrogens is 244 g/mol. The zero-order valence-electron chi connectivity index (χ0n) is 13.3. The van der Waals surface area contributed by atoms with Crippen LogP contribution in [-0.2, 0) is 18.3 Å². The van der Waals surface area contributed by atoms with Crippen molar-refractivity contribution in [3.8, 4) is 0 Å². The summed E-state index contributed by atoms with van der Waals surface area (Å²) in [4.78, 5) is 7.51. The lowest BCUT2D eigenvalue weighted by Gasteiger charge is -2.25. The average Bonchev–Trinajstić information content (AvgIpc) is 2.84. The molecule has 3 rings (SSSR count). The topological polar surface area (TPSA) is 16.1 Å². The zero-order valence-corrected chi connectivity index (χ0v) is 13.3. The zero-order chi connectivity index (χ0) is 14.2. The molecule has 0 bridgehead atoms. The minimum Gasteiger partial charge on any atom is -0.300 e. The molecule has 2 nitrogen and oxygen atoms in total. The van der Waals surface area contributed by atoms with E-state index in [0.29, 0.717) is 0 Å². The minimum atomic E-state index is 0.211. The van der Waals surface area contributed by atoms with Gasteiger partial charge in [0.05, 0.1) is 0 Å². The molecular formula is C18H28N2. The van der Waals surface area contributed by atoms with Gasteiger partial charge in [0.15, 0.2) is 0 Å². The molecule has 0 saturated carbocycles. The van der Waals surface area contributed by atoms with Crippen LogP contribution < -0.4 is 0 Å². The number of hydrogen-bond donors (Lipinski definition) is 0. The van der Waals surface area contributed by atoms with Gasteiger partial charge in [0, 0.05) is 17.9 Å². The van der Waals surface area contributed by atoms with Crippen molar-refractivity contribution in [1.29, 1.82) is 0 Å². The highest BCUT2D eigenvalue weighted by Crippen LogP contribution is 2.28. The third-order valence-corrected chi connectivity index (χ3v) is 5.04. The van der Waals surface area contributed by atoms with Crippen LogP contribution in [0.4, 0.5) is 0 Å². The van der Waals surface area contributed by atoms with E-state index in [0.717, 1.165) is 6.04 Å². The average molecular weight is 272 g/mol. The molecule has 2 heterocycles. The molecule has 1 aliphatic heterocycles. The van der Waals surface area contributed by atoms with Gasteiger partial charge >= 0.3 is 0 Å². The summed E-state index contributed by atoms with van der Waals surface area (Å²) < 4.78 is 0. The van der Waals surface area contributed by atoms with Gasteiger partial charge in [-0.25, -0.2) is 0 Å². The van der Waals surface area contributed by atoms with Gasteiger partial charge in [0.25, 0.3) is 0 Å². The van der Waals surface area contributed by atoms with Crippen LogP contribution in [0.5, 0.6) is 0 Å². The summed E-state index contributed by atoms with van der Waals surface area (Å²) in [5, 5.41) is 0. The minimum absolute atomic E-state index is 0.211. The Morgan fingerprint density at radius 3 is 2.50 bits per heavy atom. The number of hydrogen-bond acceptors (Lipinski definition) is 2. The number of likely N-dealkylation sites (tertiary alicyclic amines) is 1. The molecule has 1 atom stereocenters. The third-order valence-electron chi connectivity index (χ3n) is 5.04. The fourth-order valence-electron chi connectivity index (χ4n) is 3.63. The van der Waals surface area contributed by atoms with Gasteiger partial charge in [-0.05, 0) is 68.2 Å². The van der Waals surface area contributed by atoms with Gasteiger partial charge in [0.1, 0.15) is 0 Å². The van der Waals surface area contributed by atoms with Gasteiger partial charge in [-0.15, -0.1) is 0 Å². The first kappa shape index (κ1) is 14.1. The lowest BCUT2D eigenvalue weighted by atomic mass is 9.87. The van der Waals surface area contributed by atoms with E-state index < -0.39 is 0 Å². The molecule has 0 aromatic carbocycles. The number of rotatable bonds is 1. The summed E-state index contributed by atoms with van der Waals surface area (Å²) in [7, 11) is 0. The normalized spacial score (nSPS) is 24.4. The smallest absolute Gasteiger partial charge is 0.0436 e. The van der Waals surface area contributed by atoms with Crippen molar-refractivity contribution in [2.45, 2.75) is 70.8 Å². The monoisotopic (exact) mass is 272 g/mol. The first-order chi connectivity index (χ1) is 9.54. The Bertz CT molecular complexity index is 467. The molecule has 1 fully saturated rings. The molecule has 1 aromatic rings. The van der Waals surface area contributed by atoms with Crippen molar-refractivity contribution in [1.82, 2.24) is 9.88 Å². The maximum Gasteiger partial charge on any atom is 0.0436 e. The second-order valence-corrected chi connectivity index (χ2v) is 7.55. The highest BCUT2D eigenvalue weighted by Gasteiger charge is 2.25. The van der Waals surface area contributed by atoms with Crippen LogP contribution in [0.25, 0.3) is 0 Å². The molecule has 1 saturated heterocycles. The summed E-state index contributed by atoms with van der Waals surface area (Å²) in [6, 6.07) is 3.22. The predicted molar refractivity (Wildman–Crippen MR) is 84.2 cm³/mol. The second kappa shape index (κ2) is 5.48. The maximum atomic E-state index is 4.79. The number of aryl methyl sites for hydroxylation is 2. The van der Waals surface area contributed by atoms with Crippen LogP contribution in [0.15, 0.2) is 12.3 Å². The van der Waals surface area contributed by atoms with Crippen LogP contribution in [-0.4, -0.2) is 29.0 Å². The fourth-order valence-corrected chi connectivity index (χ4v) is 3.63. The number of nitrogens with zero attached hydrogens (tertiary/aromatic N) is 2. The largest absolute Gasteiger partial charge is 0.300 e. The van der Waals surface area contributed by atoms with E-state index in [2.05, 4.69) is 37.9 Å². The molecule has 2 aliphatic rings. The van der Waals surface area contributed by atoms with E-state index in [4.69, 9.17) is 4.98 Å². The second-order valence-electron chi connectivity index (χ2n) is 7.55. The van der Waals surface area contributed by atoms with E-state index in [1.54, 1.807) is 0 Å². The first-order valence-corrected chi connectivity index (χ1v) is 8.26. The molecule has 0 amide bonds. The maximum absolute atomic E-state index is 4.79. The lowest BCUT2D eigenvalue weighted by molar-refractivity contribution is 0.222. The standard InChI is InChI=1S/C18H28N2/c1-18(2,3)15-12-14-6-7-16(20-10-4-5-11-20)8-9-17(14)19-13-15/h12-13,16H,4-11H2,1-3H3/t16-/m0/s1. The van der Waals surface area contributed by atoms with Gasteiger partial charge in [-0.2, -0.15) is 0 Å². The summed E-state index contributed by atoms with van der Waals surface area (Å²) in [5.41, 5.74) is 4.47. The Morgan fingerprint density at radius 2 is 1.80 bits per heavy atom. The van der Waals surface area contributed by atoms with Crippen molar-refractivity contribution in [2.75, 3.05) is 13.1 Å². The molecule has 0 N–H and O–H groups in total. The molecule has 1 aromatic heterocycles. The highest BCUT2D eigenvalue weighted by atomic mass is 15.2. The van der Waals surface area contributed by atoms with Crippen LogP contribution in [0.2, 0.25) is 0 Å². The van der Waals surface area contributed by atoms with Crippen molar-refractivity contribution in [2.24, 2.45) is 0 Å². The Balaban J connectivity index is 1.76. The van der Waals surface area contributed by atoms with E-state index in [1.165, 1.54) is 68.4 Å². The van der Waals surface area contributed by atoms with E-state index >= 15 is 0 Å². The van der Waals surface area contributed by atoms with E-state index in [9.17, 15) is 0 Å². The first-order valence-electron chi connectivity index (χ1n) is 8.26. The van der Waals surface area contributed by atoms with Crippen LogP contribution >= 0.6 is 0 Å². The third kappa shape index (κ3) is 2.90. The number of fused-ring (bicyclic) bond motifs is 1. The summed E-state index contributed by atoms with van der Waals surface area (Å²) >= 11 is 0. The van der Waals surface area contributed by atoms with Gasteiger partial charge in [-0.1, -0.05) is 26.8 Å². The highest BCUT2D eigenvalue weighted by molar-refractivity contribution is 5.30. The molecule has 2 heteroatoms. The Labute approximate surface area is 123 Å². The molecule has 1 aliphatic carbocycles. The van der Waals surface area contributed by atoms with Crippen molar-refractivity contribution in [3.05, 3.63) is 29.1 Å².